The minimum Gasteiger partial charge on any atom is -0.373 e. The predicted octanol–water partition coefficient (Wildman–Crippen LogP) is 1.35. The molecule has 108 valence electrons. The molecule has 3 heterocycles. The van der Waals surface area contributed by atoms with Crippen LogP contribution in [-0.4, -0.2) is 60.0 Å². The first-order valence-electron chi connectivity index (χ1n) is 7.37. The number of anilines is 1. The van der Waals surface area contributed by atoms with Gasteiger partial charge in [-0.1, -0.05) is 0 Å². The van der Waals surface area contributed by atoms with E-state index in [0.717, 1.165) is 36.7 Å². The Balaban J connectivity index is 1.77. The number of rotatable bonds is 2. The fraction of sp³-hybridized carbons (Fsp3) is 0.600. The van der Waals surface area contributed by atoms with Crippen molar-refractivity contribution in [2.75, 3.05) is 38.5 Å². The largest absolute Gasteiger partial charge is 0.373 e. The number of nitrogens with zero attached hydrogens (tertiary/aromatic N) is 3. The molecular formula is C15H22N4O. The van der Waals surface area contributed by atoms with E-state index in [1.807, 2.05) is 31.0 Å². The second kappa shape index (κ2) is 5.40. The predicted molar refractivity (Wildman–Crippen MR) is 79.0 cm³/mol. The number of fused-ring (bicyclic) bond motifs is 1. The van der Waals surface area contributed by atoms with Crippen LogP contribution >= 0.6 is 0 Å². The Hall–Kier alpha value is -1.62. The molecule has 5 nitrogen and oxygen atoms in total. The third-order valence-electron chi connectivity index (χ3n) is 4.33. The SMILES string of the molecule is CNc1cc(C(=O)N2CCN3CCCC3C2)cc(C)n1. The Bertz CT molecular complexity index is 517. The molecule has 2 aliphatic rings. The summed E-state index contributed by atoms with van der Waals surface area (Å²) in [4.78, 5) is 21.5. The van der Waals surface area contributed by atoms with Crippen LogP contribution in [-0.2, 0) is 0 Å². The van der Waals surface area contributed by atoms with Gasteiger partial charge in [-0.15, -0.1) is 0 Å². The van der Waals surface area contributed by atoms with Gasteiger partial charge >= 0.3 is 0 Å². The zero-order chi connectivity index (χ0) is 14.1. The van der Waals surface area contributed by atoms with E-state index >= 15 is 0 Å². The molecule has 0 aromatic carbocycles. The number of amides is 1. The first-order valence-corrected chi connectivity index (χ1v) is 7.37. The lowest BCUT2D eigenvalue weighted by molar-refractivity contribution is 0.0571. The standard InChI is InChI=1S/C15H22N4O/c1-11-8-12(9-14(16-2)17-11)15(20)19-7-6-18-5-3-4-13(18)10-19/h8-9,13H,3-7,10H2,1-2H3,(H,16,17). The van der Waals surface area contributed by atoms with E-state index in [-0.39, 0.29) is 5.91 Å². The summed E-state index contributed by atoms with van der Waals surface area (Å²) in [6, 6.07) is 4.29. The Kier molecular flexibility index (Phi) is 3.61. The summed E-state index contributed by atoms with van der Waals surface area (Å²) in [5, 5.41) is 3.01. The van der Waals surface area contributed by atoms with Crippen molar-refractivity contribution in [3.8, 4) is 0 Å². The first-order chi connectivity index (χ1) is 9.67. The maximum atomic E-state index is 12.7. The van der Waals surface area contributed by atoms with E-state index in [1.54, 1.807) is 0 Å². The lowest BCUT2D eigenvalue weighted by atomic mass is 10.1. The van der Waals surface area contributed by atoms with Crippen LogP contribution in [0.25, 0.3) is 0 Å². The minimum absolute atomic E-state index is 0.138. The van der Waals surface area contributed by atoms with Crippen molar-refractivity contribution >= 4 is 11.7 Å². The highest BCUT2D eigenvalue weighted by Gasteiger charge is 2.32. The molecule has 2 saturated heterocycles. The molecule has 1 atom stereocenters. The van der Waals surface area contributed by atoms with Gasteiger partial charge in [0.15, 0.2) is 0 Å². The van der Waals surface area contributed by atoms with Crippen LogP contribution in [0.5, 0.6) is 0 Å². The van der Waals surface area contributed by atoms with Gasteiger partial charge in [-0.25, -0.2) is 4.98 Å². The van der Waals surface area contributed by atoms with Gasteiger partial charge in [0.25, 0.3) is 5.91 Å². The average molecular weight is 274 g/mol. The summed E-state index contributed by atoms with van der Waals surface area (Å²) in [7, 11) is 1.83. The molecule has 0 bridgehead atoms. The van der Waals surface area contributed by atoms with Crippen molar-refractivity contribution in [1.82, 2.24) is 14.8 Å². The summed E-state index contributed by atoms with van der Waals surface area (Å²) in [6.45, 7) is 5.84. The number of aryl methyl sites for hydroxylation is 1. The number of piperazine rings is 1. The highest BCUT2D eigenvalue weighted by molar-refractivity contribution is 5.95. The smallest absolute Gasteiger partial charge is 0.254 e. The number of hydrogen-bond acceptors (Lipinski definition) is 4. The summed E-state index contributed by atoms with van der Waals surface area (Å²) < 4.78 is 0. The first kappa shape index (κ1) is 13.4. The monoisotopic (exact) mass is 274 g/mol. The molecule has 1 aromatic rings. The Labute approximate surface area is 120 Å². The molecule has 1 aromatic heterocycles. The number of nitrogens with one attached hydrogen (secondary N) is 1. The van der Waals surface area contributed by atoms with E-state index in [0.29, 0.717) is 6.04 Å². The van der Waals surface area contributed by atoms with Crippen LogP contribution < -0.4 is 5.32 Å². The van der Waals surface area contributed by atoms with Gasteiger partial charge in [-0.2, -0.15) is 0 Å². The van der Waals surface area contributed by atoms with Gasteiger partial charge in [0.1, 0.15) is 5.82 Å². The van der Waals surface area contributed by atoms with Gasteiger partial charge in [0.2, 0.25) is 0 Å². The molecule has 20 heavy (non-hydrogen) atoms. The molecule has 0 saturated carbocycles. The quantitative estimate of drug-likeness (QED) is 0.884. The fourth-order valence-corrected chi connectivity index (χ4v) is 3.28. The third kappa shape index (κ3) is 2.50. The highest BCUT2D eigenvalue weighted by Crippen LogP contribution is 2.23. The number of pyridine rings is 1. The van der Waals surface area contributed by atoms with E-state index in [2.05, 4.69) is 15.2 Å². The summed E-state index contributed by atoms with van der Waals surface area (Å²) in [5.41, 5.74) is 1.62. The third-order valence-corrected chi connectivity index (χ3v) is 4.33. The molecule has 1 unspecified atom stereocenters. The molecule has 0 radical (unpaired) electrons. The molecule has 0 aliphatic carbocycles. The minimum atomic E-state index is 0.138. The number of hydrogen-bond donors (Lipinski definition) is 1. The Morgan fingerprint density at radius 3 is 3.00 bits per heavy atom. The second-order valence-corrected chi connectivity index (χ2v) is 5.72. The zero-order valence-corrected chi connectivity index (χ0v) is 12.2. The van der Waals surface area contributed by atoms with Crippen molar-refractivity contribution < 1.29 is 4.79 Å². The molecule has 2 fully saturated rings. The van der Waals surface area contributed by atoms with E-state index < -0.39 is 0 Å². The van der Waals surface area contributed by atoms with E-state index in [4.69, 9.17) is 0 Å². The molecule has 0 spiro atoms. The van der Waals surface area contributed by atoms with Gasteiger partial charge in [0.05, 0.1) is 0 Å². The van der Waals surface area contributed by atoms with Crippen LogP contribution in [0.3, 0.4) is 0 Å². The summed E-state index contributed by atoms with van der Waals surface area (Å²) in [5.74, 6) is 0.895. The van der Waals surface area contributed by atoms with Crippen molar-refractivity contribution in [3.63, 3.8) is 0 Å². The fourth-order valence-electron chi connectivity index (χ4n) is 3.28. The number of carbonyl (C=O) groups is 1. The van der Waals surface area contributed by atoms with Crippen molar-refractivity contribution in [3.05, 3.63) is 23.4 Å². The highest BCUT2D eigenvalue weighted by atomic mass is 16.2. The molecule has 3 rings (SSSR count). The number of carbonyl (C=O) groups excluding carboxylic acids is 1. The van der Waals surface area contributed by atoms with Crippen LogP contribution in [0, 0.1) is 6.92 Å². The Morgan fingerprint density at radius 1 is 1.35 bits per heavy atom. The van der Waals surface area contributed by atoms with Crippen LogP contribution in [0.2, 0.25) is 0 Å². The maximum absolute atomic E-state index is 12.7. The van der Waals surface area contributed by atoms with Crippen LogP contribution in [0.4, 0.5) is 5.82 Å². The Morgan fingerprint density at radius 2 is 2.20 bits per heavy atom. The summed E-state index contributed by atoms with van der Waals surface area (Å²) in [6.07, 6.45) is 2.49. The second-order valence-electron chi connectivity index (χ2n) is 5.72. The van der Waals surface area contributed by atoms with Gasteiger partial charge in [-0.3, -0.25) is 9.69 Å². The van der Waals surface area contributed by atoms with Crippen molar-refractivity contribution in [2.24, 2.45) is 0 Å². The zero-order valence-electron chi connectivity index (χ0n) is 12.2. The normalized spacial score (nSPS) is 22.7. The molecule has 1 N–H and O–H groups in total. The summed E-state index contributed by atoms with van der Waals surface area (Å²) >= 11 is 0. The van der Waals surface area contributed by atoms with Gasteiger partial charge in [-0.05, 0) is 38.4 Å². The topological polar surface area (TPSA) is 48.5 Å². The molecular weight excluding hydrogens is 252 g/mol. The molecule has 1 amide bonds. The van der Waals surface area contributed by atoms with Crippen molar-refractivity contribution in [2.45, 2.75) is 25.8 Å². The van der Waals surface area contributed by atoms with Gasteiger partial charge < -0.3 is 10.2 Å². The van der Waals surface area contributed by atoms with Gasteiger partial charge in [0, 0.05) is 44.0 Å². The number of aromatic nitrogens is 1. The van der Waals surface area contributed by atoms with Crippen molar-refractivity contribution in [1.29, 1.82) is 0 Å². The average Bonchev–Trinajstić information content (AvgIpc) is 2.93. The van der Waals surface area contributed by atoms with Crippen LogP contribution in [0.1, 0.15) is 28.9 Å². The lowest BCUT2D eigenvalue weighted by Gasteiger charge is -2.37. The maximum Gasteiger partial charge on any atom is 0.254 e. The molecule has 5 heteroatoms. The molecule has 2 aliphatic heterocycles. The lowest BCUT2D eigenvalue weighted by Crippen LogP contribution is -2.52. The van der Waals surface area contributed by atoms with Crippen LogP contribution in [0.15, 0.2) is 12.1 Å². The van der Waals surface area contributed by atoms with E-state index in [9.17, 15) is 4.79 Å². The van der Waals surface area contributed by atoms with E-state index in [1.165, 1.54) is 19.4 Å².